The van der Waals surface area contributed by atoms with Gasteiger partial charge in [-0.15, -0.1) is 24.0 Å². The number of hydrogen-bond donors (Lipinski definition) is 1. The van der Waals surface area contributed by atoms with Crippen molar-refractivity contribution >= 4 is 40.0 Å². The Morgan fingerprint density at radius 1 is 1.19 bits per heavy atom. The lowest BCUT2D eigenvalue weighted by Gasteiger charge is -2.36. The molecule has 1 atom stereocenters. The summed E-state index contributed by atoms with van der Waals surface area (Å²) in [6.45, 7) is 10.8. The number of likely N-dealkylation sites (N-methyl/N-ethyl adjacent to an activating group) is 1. The molecule has 10 nitrogen and oxygen atoms in total. The Bertz CT molecular complexity index is 774. The predicted octanol–water partition coefficient (Wildman–Crippen LogP) is 0.199. The van der Waals surface area contributed by atoms with Gasteiger partial charge in [0.15, 0.2) is 5.96 Å². The fourth-order valence-electron chi connectivity index (χ4n) is 3.90. The van der Waals surface area contributed by atoms with Gasteiger partial charge in [-0.2, -0.15) is 4.31 Å². The highest BCUT2D eigenvalue weighted by atomic mass is 127. The zero-order valence-corrected chi connectivity index (χ0v) is 21.9. The average molecular weight is 570 g/mol. The Hall–Kier alpha value is -0.960. The molecule has 2 fully saturated rings. The number of guanidine groups is 1. The lowest BCUT2D eigenvalue weighted by Crippen LogP contribution is -2.54. The summed E-state index contributed by atoms with van der Waals surface area (Å²) < 4.78 is 31.5. The first kappa shape index (κ1) is 26.3. The van der Waals surface area contributed by atoms with Crippen molar-refractivity contribution in [2.24, 2.45) is 10.9 Å². The Labute approximate surface area is 203 Å². The molecule has 0 radical (unpaired) electrons. The number of aliphatic imine (C=N–C) groups is 1. The molecule has 2 aliphatic rings. The maximum absolute atomic E-state index is 12.6. The lowest BCUT2D eigenvalue weighted by molar-refractivity contribution is 0.139. The fraction of sp³-hybridized carbons (Fsp3) is 0.789. The van der Waals surface area contributed by atoms with Gasteiger partial charge in [-0.3, -0.25) is 4.99 Å². The van der Waals surface area contributed by atoms with Gasteiger partial charge in [0.1, 0.15) is 12.0 Å². The second-order valence-electron chi connectivity index (χ2n) is 8.27. The molecular weight excluding hydrogens is 533 g/mol. The number of hydrogen-bond acceptors (Lipinski definition) is 7. The summed E-state index contributed by atoms with van der Waals surface area (Å²) >= 11 is 0. The highest BCUT2D eigenvalue weighted by molar-refractivity contribution is 14.0. The smallest absolute Gasteiger partial charge is 0.220 e. The zero-order chi connectivity index (χ0) is 21.6. The van der Waals surface area contributed by atoms with Crippen molar-refractivity contribution in [3.05, 3.63) is 18.0 Å². The summed E-state index contributed by atoms with van der Waals surface area (Å²) in [6, 6.07) is 1.59. The highest BCUT2D eigenvalue weighted by Gasteiger charge is 2.29. The summed E-state index contributed by atoms with van der Waals surface area (Å²) in [5.74, 6) is 1.23. The highest BCUT2D eigenvalue weighted by Crippen LogP contribution is 2.13. The van der Waals surface area contributed by atoms with Crippen LogP contribution in [0.1, 0.15) is 12.6 Å². The van der Waals surface area contributed by atoms with Gasteiger partial charge in [0.05, 0.1) is 5.69 Å². The molecule has 0 bridgehead atoms. The van der Waals surface area contributed by atoms with E-state index in [-0.39, 0.29) is 29.7 Å². The summed E-state index contributed by atoms with van der Waals surface area (Å²) in [6.07, 6.45) is 1.39. The molecule has 0 aliphatic carbocycles. The third kappa shape index (κ3) is 7.84. The SMILES string of the molecule is CN=C(NCC(C)CN1CCN(C)CC1)N1CCN(S(=O)(=O)Cc2ccon2)CC1.I. The van der Waals surface area contributed by atoms with E-state index in [0.717, 1.165) is 45.2 Å². The third-order valence-electron chi connectivity index (χ3n) is 5.74. The predicted molar refractivity (Wildman–Crippen MR) is 132 cm³/mol. The number of rotatable bonds is 7. The number of nitrogens with one attached hydrogen (secondary N) is 1. The van der Waals surface area contributed by atoms with Crippen LogP contribution in [-0.4, -0.2) is 118 Å². The number of sulfonamides is 1. The fourth-order valence-corrected chi connectivity index (χ4v) is 5.33. The minimum Gasteiger partial charge on any atom is -0.364 e. The van der Waals surface area contributed by atoms with Crippen LogP contribution in [-0.2, 0) is 15.8 Å². The molecule has 2 aliphatic heterocycles. The lowest BCUT2D eigenvalue weighted by atomic mass is 10.1. The molecule has 0 amide bonds. The maximum Gasteiger partial charge on any atom is 0.220 e. The molecule has 1 aromatic heterocycles. The molecule has 178 valence electrons. The van der Waals surface area contributed by atoms with Crippen molar-refractivity contribution in [1.82, 2.24) is 29.5 Å². The summed E-state index contributed by atoms with van der Waals surface area (Å²) in [5.41, 5.74) is 0.434. The summed E-state index contributed by atoms with van der Waals surface area (Å²) in [7, 11) is 0.558. The Morgan fingerprint density at radius 2 is 1.87 bits per heavy atom. The van der Waals surface area contributed by atoms with Gasteiger partial charge in [-0.1, -0.05) is 12.1 Å². The van der Waals surface area contributed by atoms with Crippen LogP contribution in [0.2, 0.25) is 0 Å². The van der Waals surface area contributed by atoms with Gasteiger partial charge in [0, 0.05) is 78.6 Å². The monoisotopic (exact) mass is 569 g/mol. The molecule has 0 spiro atoms. The number of piperazine rings is 2. The minimum absolute atomic E-state index is 0. The van der Waals surface area contributed by atoms with E-state index in [0.29, 0.717) is 37.8 Å². The molecule has 31 heavy (non-hydrogen) atoms. The van der Waals surface area contributed by atoms with Crippen LogP contribution in [0.4, 0.5) is 0 Å². The van der Waals surface area contributed by atoms with Gasteiger partial charge in [-0.05, 0) is 13.0 Å². The van der Waals surface area contributed by atoms with Crippen molar-refractivity contribution in [2.75, 3.05) is 79.5 Å². The largest absolute Gasteiger partial charge is 0.364 e. The standard InChI is InChI=1S/C19H35N7O3S.HI/c1-17(15-24-7-5-23(3)6-8-24)14-21-19(20-2)25-9-11-26(12-10-25)30(27,28)16-18-4-13-29-22-18;/h4,13,17H,5-12,14-16H2,1-3H3,(H,20,21);1H. The molecular formula is C19H36IN7O3S. The Kier molecular flexibility index (Phi) is 10.5. The first-order chi connectivity index (χ1) is 14.4. The normalized spacial score (nSPS) is 21.0. The summed E-state index contributed by atoms with van der Waals surface area (Å²) in [4.78, 5) is 11.4. The Balaban J connectivity index is 0.00000341. The quantitative estimate of drug-likeness (QED) is 0.283. The second kappa shape index (κ2) is 12.3. The van der Waals surface area contributed by atoms with E-state index in [1.807, 2.05) is 0 Å². The van der Waals surface area contributed by atoms with E-state index in [1.54, 1.807) is 13.1 Å². The second-order valence-corrected chi connectivity index (χ2v) is 10.2. The van der Waals surface area contributed by atoms with Crippen molar-refractivity contribution in [1.29, 1.82) is 0 Å². The van der Waals surface area contributed by atoms with Crippen molar-refractivity contribution in [2.45, 2.75) is 12.7 Å². The molecule has 3 rings (SSSR count). The van der Waals surface area contributed by atoms with E-state index in [9.17, 15) is 8.42 Å². The van der Waals surface area contributed by atoms with Gasteiger partial charge in [-0.25, -0.2) is 8.42 Å². The molecule has 2 saturated heterocycles. The zero-order valence-electron chi connectivity index (χ0n) is 18.7. The number of halogens is 1. The van der Waals surface area contributed by atoms with Crippen LogP contribution in [0.3, 0.4) is 0 Å². The van der Waals surface area contributed by atoms with Crippen LogP contribution in [0.25, 0.3) is 0 Å². The van der Waals surface area contributed by atoms with Crippen molar-refractivity contribution in [3.63, 3.8) is 0 Å². The Morgan fingerprint density at radius 3 is 2.45 bits per heavy atom. The first-order valence-corrected chi connectivity index (χ1v) is 12.2. The molecule has 0 saturated carbocycles. The minimum atomic E-state index is -3.39. The van der Waals surface area contributed by atoms with Gasteiger partial charge < -0.3 is 24.5 Å². The molecule has 1 unspecified atom stereocenters. The summed E-state index contributed by atoms with van der Waals surface area (Å²) in [5, 5.41) is 7.19. The first-order valence-electron chi connectivity index (χ1n) is 10.6. The van der Waals surface area contributed by atoms with Crippen LogP contribution in [0.5, 0.6) is 0 Å². The van der Waals surface area contributed by atoms with Crippen molar-refractivity contribution < 1.29 is 12.9 Å². The number of nitrogens with zero attached hydrogens (tertiary/aromatic N) is 6. The van der Waals surface area contributed by atoms with Gasteiger partial charge >= 0.3 is 0 Å². The molecule has 0 aromatic carbocycles. The molecule has 3 heterocycles. The van der Waals surface area contributed by atoms with Gasteiger partial charge in [0.2, 0.25) is 10.0 Å². The van der Waals surface area contributed by atoms with E-state index < -0.39 is 10.0 Å². The van der Waals surface area contributed by atoms with Crippen molar-refractivity contribution in [3.8, 4) is 0 Å². The van der Waals surface area contributed by atoms with Crippen LogP contribution in [0.15, 0.2) is 21.8 Å². The number of aromatic nitrogens is 1. The average Bonchev–Trinajstić information content (AvgIpc) is 3.23. The third-order valence-corrected chi connectivity index (χ3v) is 7.55. The maximum atomic E-state index is 12.6. The van der Waals surface area contributed by atoms with Crippen LogP contribution < -0.4 is 5.32 Å². The van der Waals surface area contributed by atoms with E-state index in [2.05, 4.69) is 44.1 Å². The van der Waals surface area contributed by atoms with E-state index in [4.69, 9.17) is 4.52 Å². The molecule has 12 heteroatoms. The topological polar surface area (TPSA) is 97.5 Å². The molecule has 1 N–H and O–H groups in total. The van der Waals surface area contributed by atoms with E-state index >= 15 is 0 Å². The van der Waals surface area contributed by atoms with Crippen LogP contribution in [0, 0.1) is 5.92 Å². The van der Waals surface area contributed by atoms with Gasteiger partial charge in [0.25, 0.3) is 0 Å². The molecule has 1 aromatic rings. The van der Waals surface area contributed by atoms with Crippen LogP contribution >= 0.6 is 24.0 Å². The van der Waals surface area contributed by atoms with E-state index in [1.165, 1.54) is 10.6 Å².